The number of nitrogen functional groups attached to an aromatic ring is 2. The third kappa shape index (κ3) is 3.39. The van der Waals surface area contributed by atoms with Gasteiger partial charge in [-0.25, -0.2) is 0 Å². The summed E-state index contributed by atoms with van der Waals surface area (Å²) < 4.78 is 0. The fraction of sp³-hybridized carbons (Fsp3) is 0.500. The van der Waals surface area contributed by atoms with Crippen LogP contribution in [0.25, 0.3) is 0 Å². The molecule has 18 heavy (non-hydrogen) atoms. The minimum atomic E-state index is -0.0686. The van der Waals surface area contributed by atoms with Gasteiger partial charge in [-0.2, -0.15) is 0 Å². The van der Waals surface area contributed by atoms with E-state index in [1.54, 1.807) is 18.2 Å². The lowest BCUT2D eigenvalue weighted by atomic mass is 10.1. The largest absolute Gasteiger partial charge is 0.399 e. The summed E-state index contributed by atoms with van der Waals surface area (Å²) in [6.07, 6.45) is 7.09. The molecule has 0 atom stereocenters. The minimum Gasteiger partial charge on any atom is -0.399 e. The molecule has 0 aliphatic heterocycles. The van der Waals surface area contributed by atoms with Crippen LogP contribution in [-0.2, 0) is 0 Å². The lowest BCUT2D eigenvalue weighted by Crippen LogP contribution is -2.34. The SMILES string of the molecule is Nc1cc(N)cc(C(=O)NC2CCCCCC2)c1. The molecule has 1 amide bonds. The van der Waals surface area contributed by atoms with Crippen molar-refractivity contribution in [2.75, 3.05) is 11.5 Å². The number of carbonyl (C=O) groups is 1. The van der Waals surface area contributed by atoms with Crippen LogP contribution in [0.1, 0.15) is 48.9 Å². The number of hydrogen-bond acceptors (Lipinski definition) is 3. The Balaban J connectivity index is 2.01. The Bertz CT molecular complexity index is 403. The van der Waals surface area contributed by atoms with Gasteiger partial charge < -0.3 is 16.8 Å². The summed E-state index contributed by atoms with van der Waals surface area (Å²) in [5, 5.41) is 3.08. The molecule has 1 fully saturated rings. The van der Waals surface area contributed by atoms with Crippen LogP contribution in [0.2, 0.25) is 0 Å². The first-order chi connectivity index (χ1) is 8.65. The van der Waals surface area contributed by atoms with Crippen LogP contribution in [0.5, 0.6) is 0 Å². The summed E-state index contributed by atoms with van der Waals surface area (Å²) in [5.41, 5.74) is 13.0. The van der Waals surface area contributed by atoms with Gasteiger partial charge in [-0.15, -0.1) is 0 Å². The molecule has 1 aromatic carbocycles. The van der Waals surface area contributed by atoms with E-state index in [0.717, 1.165) is 12.8 Å². The lowest BCUT2D eigenvalue weighted by molar-refractivity contribution is 0.0933. The Labute approximate surface area is 108 Å². The molecule has 0 bridgehead atoms. The maximum Gasteiger partial charge on any atom is 0.251 e. The van der Waals surface area contributed by atoms with Gasteiger partial charge >= 0.3 is 0 Å². The Morgan fingerprint density at radius 2 is 1.56 bits per heavy atom. The highest BCUT2D eigenvalue weighted by Crippen LogP contribution is 2.18. The van der Waals surface area contributed by atoms with Crippen LogP contribution in [0.3, 0.4) is 0 Å². The zero-order chi connectivity index (χ0) is 13.0. The van der Waals surface area contributed by atoms with Gasteiger partial charge in [-0.1, -0.05) is 25.7 Å². The monoisotopic (exact) mass is 247 g/mol. The molecular weight excluding hydrogens is 226 g/mol. The molecule has 2 rings (SSSR count). The molecule has 98 valence electrons. The van der Waals surface area contributed by atoms with Gasteiger partial charge in [0.1, 0.15) is 0 Å². The van der Waals surface area contributed by atoms with Gasteiger partial charge in [-0.3, -0.25) is 4.79 Å². The zero-order valence-electron chi connectivity index (χ0n) is 10.6. The van der Waals surface area contributed by atoms with Gasteiger partial charge in [0, 0.05) is 23.0 Å². The maximum absolute atomic E-state index is 12.1. The van der Waals surface area contributed by atoms with Crippen molar-refractivity contribution in [3.8, 4) is 0 Å². The third-order valence-electron chi connectivity index (χ3n) is 3.43. The molecule has 0 unspecified atom stereocenters. The maximum atomic E-state index is 12.1. The second kappa shape index (κ2) is 5.76. The Morgan fingerprint density at radius 1 is 1.00 bits per heavy atom. The first kappa shape index (κ1) is 12.7. The first-order valence-electron chi connectivity index (χ1n) is 6.62. The number of carbonyl (C=O) groups excluding carboxylic acids is 1. The predicted octanol–water partition coefficient (Wildman–Crippen LogP) is 2.30. The molecule has 5 N–H and O–H groups in total. The molecule has 4 heteroatoms. The van der Waals surface area contributed by atoms with Crippen LogP contribution in [0.15, 0.2) is 18.2 Å². The minimum absolute atomic E-state index is 0.0686. The fourth-order valence-corrected chi connectivity index (χ4v) is 2.50. The average molecular weight is 247 g/mol. The number of rotatable bonds is 2. The average Bonchev–Trinajstić information content (AvgIpc) is 2.56. The van der Waals surface area contributed by atoms with E-state index >= 15 is 0 Å². The van der Waals surface area contributed by atoms with Gasteiger partial charge in [0.05, 0.1) is 0 Å². The highest BCUT2D eigenvalue weighted by atomic mass is 16.1. The Morgan fingerprint density at radius 3 is 2.11 bits per heavy atom. The standard InChI is InChI=1S/C14H21N3O/c15-11-7-10(8-12(16)9-11)14(18)17-13-5-3-1-2-4-6-13/h7-9,13H,1-6,15-16H2,(H,17,18). The van der Waals surface area contributed by atoms with E-state index in [1.165, 1.54) is 25.7 Å². The Kier molecular flexibility index (Phi) is 4.07. The van der Waals surface area contributed by atoms with E-state index in [-0.39, 0.29) is 5.91 Å². The van der Waals surface area contributed by atoms with E-state index in [0.29, 0.717) is 23.0 Å². The number of amides is 1. The van der Waals surface area contributed by atoms with Crippen LogP contribution >= 0.6 is 0 Å². The topological polar surface area (TPSA) is 81.1 Å². The molecule has 1 aliphatic carbocycles. The number of nitrogens with two attached hydrogens (primary N) is 2. The number of hydrogen-bond donors (Lipinski definition) is 3. The van der Waals surface area contributed by atoms with Crippen LogP contribution in [-0.4, -0.2) is 11.9 Å². The van der Waals surface area contributed by atoms with Crippen molar-refractivity contribution in [2.45, 2.75) is 44.6 Å². The Hall–Kier alpha value is -1.71. The van der Waals surface area contributed by atoms with Crippen LogP contribution < -0.4 is 16.8 Å². The molecule has 0 saturated heterocycles. The normalized spacial score (nSPS) is 17.1. The van der Waals surface area contributed by atoms with Gasteiger partial charge in [0.25, 0.3) is 5.91 Å². The van der Waals surface area contributed by atoms with Crippen molar-refractivity contribution in [1.29, 1.82) is 0 Å². The van der Waals surface area contributed by atoms with Crippen molar-refractivity contribution in [3.63, 3.8) is 0 Å². The highest BCUT2D eigenvalue weighted by molar-refractivity contribution is 5.96. The summed E-state index contributed by atoms with van der Waals surface area (Å²) in [4.78, 5) is 12.1. The van der Waals surface area contributed by atoms with E-state index < -0.39 is 0 Å². The van der Waals surface area contributed by atoms with E-state index in [9.17, 15) is 4.79 Å². The number of nitrogens with one attached hydrogen (secondary N) is 1. The molecule has 1 saturated carbocycles. The quantitative estimate of drug-likeness (QED) is 0.554. The van der Waals surface area contributed by atoms with E-state index in [1.807, 2.05) is 0 Å². The van der Waals surface area contributed by atoms with Crippen molar-refractivity contribution in [2.24, 2.45) is 0 Å². The highest BCUT2D eigenvalue weighted by Gasteiger charge is 2.16. The summed E-state index contributed by atoms with van der Waals surface area (Å²) in [6.45, 7) is 0. The van der Waals surface area contributed by atoms with E-state index in [4.69, 9.17) is 11.5 Å². The number of benzene rings is 1. The van der Waals surface area contributed by atoms with Gasteiger partial charge in [0.15, 0.2) is 0 Å². The number of anilines is 2. The second-order valence-corrected chi connectivity index (χ2v) is 5.05. The molecule has 0 aromatic heterocycles. The molecule has 4 nitrogen and oxygen atoms in total. The molecule has 0 spiro atoms. The van der Waals surface area contributed by atoms with Crippen molar-refractivity contribution >= 4 is 17.3 Å². The lowest BCUT2D eigenvalue weighted by Gasteiger charge is -2.16. The fourth-order valence-electron chi connectivity index (χ4n) is 2.50. The van der Waals surface area contributed by atoms with Crippen molar-refractivity contribution < 1.29 is 4.79 Å². The summed E-state index contributed by atoms with van der Waals surface area (Å²) in [5.74, 6) is -0.0686. The summed E-state index contributed by atoms with van der Waals surface area (Å²) >= 11 is 0. The molecule has 0 radical (unpaired) electrons. The van der Waals surface area contributed by atoms with Crippen molar-refractivity contribution in [3.05, 3.63) is 23.8 Å². The molecule has 1 aromatic rings. The molecule has 0 heterocycles. The van der Waals surface area contributed by atoms with Crippen LogP contribution in [0, 0.1) is 0 Å². The predicted molar refractivity (Wildman–Crippen MR) is 74.2 cm³/mol. The second-order valence-electron chi connectivity index (χ2n) is 5.05. The van der Waals surface area contributed by atoms with Gasteiger partial charge in [-0.05, 0) is 31.0 Å². The first-order valence-corrected chi connectivity index (χ1v) is 6.62. The molecular formula is C14H21N3O. The third-order valence-corrected chi connectivity index (χ3v) is 3.43. The zero-order valence-corrected chi connectivity index (χ0v) is 10.6. The van der Waals surface area contributed by atoms with Crippen LogP contribution in [0.4, 0.5) is 11.4 Å². The van der Waals surface area contributed by atoms with E-state index in [2.05, 4.69) is 5.32 Å². The summed E-state index contributed by atoms with van der Waals surface area (Å²) in [6, 6.07) is 5.29. The van der Waals surface area contributed by atoms with Crippen molar-refractivity contribution in [1.82, 2.24) is 5.32 Å². The molecule has 1 aliphatic rings. The smallest absolute Gasteiger partial charge is 0.251 e. The summed E-state index contributed by atoms with van der Waals surface area (Å²) in [7, 11) is 0. The van der Waals surface area contributed by atoms with Gasteiger partial charge in [0.2, 0.25) is 0 Å².